The Labute approximate surface area is 83.5 Å². The molecule has 0 saturated heterocycles. The van der Waals surface area contributed by atoms with Crippen LogP contribution in [0.5, 0.6) is 0 Å². The minimum atomic E-state index is -0.898. The zero-order chi connectivity index (χ0) is 10.7. The fraction of sp³-hybridized carbons (Fsp3) is 0.636. The van der Waals surface area contributed by atoms with Gasteiger partial charge in [0.1, 0.15) is 5.78 Å². The lowest BCUT2D eigenvalue weighted by atomic mass is 9.73. The van der Waals surface area contributed by atoms with Gasteiger partial charge in [0.15, 0.2) is 0 Å². The summed E-state index contributed by atoms with van der Waals surface area (Å²) >= 11 is 0. The van der Waals surface area contributed by atoms with Crippen molar-refractivity contribution in [2.24, 2.45) is 17.8 Å². The molecule has 14 heavy (non-hydrogen) atoms. The molecule has 1 aliphatic carbocycles. The quantitative estimate of drug-likeness (QED) is 0.674. The van der Waals surface area contributed by atoms with Crippen molar-refractivity contribution in [1.82, 2.24) is 0 Å². The van der Waals surface area contributed by atoms with Crippen LogP contribution in [0.2, 0.25) is 0 Å². The van der Waals surface area contributed by atoms with Crippen LogP contribution in [0.1, 0.15) is 26.2 Å². The van der Waals surface area contributed by atoms with Gasteiger partial charge in [0.2, 0.25) is 0 Å². The predicted molar refractivity (Wildman–Crippen MR) is 51.5 cm³/mol. The lowest BCUT2D eigenvalue weighted by Gasteiger charge is -2.29. The molecule has 0 amide bonds. The van der Waals surface area contributed by atoms with E-state index in [9.17, 15) is 9.59 Å². The number of terminal acetylenes is 1. The Morgan fingerprint density at radius 2 is 2.00 bits per heavy atom. The summed E-state index contributed by atoms with van der Waals surface area (Å²) in [5.74, 6) is 0.744. The van der Waals surface area contributed by atoms with E-state index in [0.29, 0.717) is 12.8 Å². The summed E-state index contributed by atoms with van der Waals surface area (Å²) in [6, 6.07) is 0. The molecule has 1 rings (SSSR count). The Balaban J connectivity index is 2.76. The molecule has 3 heteroatoms. The third-order valence-electron chi connectivity index (χ3n) is 2.93. The maximum absolute atomic E-state index is 11.2. The second-order valence-electron chi connectivity index (χ2n) is 3.84. The highest BCUT2D eigenvalue weighted by Gasteiger charge is 2.36. The standard InChI is InChI=1S/C11H14O3/c1-3-8-4-5-9(7(2)12)10(6-8)11(13)14/h1,8-10H,4-6H2,2H3,(H,13,14). The smallest absolute Gasteiger partial charge is 0.307 e. The summed E-state index contributed by atoms with van der Waals surface area (Å²) in [4.78, 5) is 22.1. The van der Waals surface area contributed by atoms with E-state index in [4.69, 9.17) is 11.5 Å². The summed E-state index contributed by atoms with van der Waals surface area (Å²) < 4.78 is 0. The van der Waals surface area contributed by atoms with Gasteiger partial charge in [-0.25, -0.2) is 0 Å². The van der Waals surface area contributed by atoms with Gasteiger partial charge >= 0.3 is 5.97 Å². The largest absolute Gasteiger partial charge is 0.481 e. The molecule has 0 aliphatic heterocycles. The van der Waals surface area contributed by atoms with Gasteiger partial charge in [0, 0.05) is 11.8 Å². The Kier molecular flexibility index (Phi) is 3.29. The first kappa shape index (κ1) is 10.8. The maximum Gasteiger partial charge on any atom is 0.307 e. The SMILES string of the molecule is C#CC1CCC(C(C)=O)C(C(=O)O)C1. The number of carbonyl (C=O) groups is 2. The first-order valence-corrected chi connectivity index (χ1v) is 4.75. The molecule has 1 saturated carbocycles. The van der Waals surface area contributed by atoms with Crippen LogP contribution >= 0.6 is 0 Å². The highest BCUT2D eigenvalue weighted by atomic mass is 16.4. The molecule has 0 radical (unpaired) electrons. The molecule has 1 N–H and O–H groups in total. The van der Waals surface area contributed by atoms with Crippen LogP contribution in [0.15, 0.2) is 0 Å². The van der Waals surface area contributed by atoms with Gasteiger partial charge in [-0.1, -0.05) is 0 Å². The summed E-state index contributed by atoms with van der Waals surface area (Å²) in [6.07, 6.45) is 7.08. The van der Waals surface area contributed by atoms with E-state index < -0.39 is 11.9 Å². The first-order valence-electron chi connectivity index (χ1n) is 4.75. The minimum Gasteiger partial charge on any atom is -0.481 e. The molecule has 0 aromatic rings. The van der Waals surface area contributed by atoms with Gasteiger partial charge < -0.3 is 5.11 Å². The monoisotopic (exact) mass is 194 g/mol. The van der Waals surface area contributed by atoms with Crippen molar-refractivity contribution in [3.05, 3.63) is 0 Å². The Morgan fingerprint density at radius 3 is 2.43 bits per heavy atom. The van der Waals surface area contributed by atoms with Crippen LogP contribution in [0.25, 0.3) is 0 Å². The van der Waals surface area contributed by atoms with E-state index in [1.54, 1.807) is 0 Å². The van der Waals surface area contributed by atoms with Crippen LogP contribution < -0.4 is 0 Å². The number of ketones is 1. The summed E-state index contributed by atoms with van der Waals surface area (Å²) in [6.45, 7) is 1.46. The number of rotatable bonds is 2. The van der Waals surface area contributed by atoms with Crippen molar-refractivity contribution in [2.45, 2.75) is 26.2 Å². The molecule has 0 aromatic heterocycles. The van der Waals surface area contributed by atoms with E-state index >= 15 is 0 Å². The van der Waals surface area contributed by atoms with Gasteiger partial charge in [0.05, 0.1) is 5.92 Å². The molecule has 0 spiro atoms. The van der Waals surface area contributed by atoms with Crippen LogP contribution in [0, 0.1) is 30.1 Å². The molecule has 3 unspecified atom stereocenters. The molecule has 1 aliphatic rings. The molecular formula is C11H14O3. The number of carboxylic acid groups (broad SMARTS) is 1. The van der Waals surface area contributed by atoms with Crippen molar-refractivity contribution in [2.75, 3.05) is 0 Å². The normalized spacial score (nSPS) is 31.9. The van der Waals surface area contributed by atoms with E-state index in [2.05, 4.69) is 5.92 Å². The van der Waals surface area contributed by atoms with E-state index in [0.717, 1.165) is 6.42 Å². The van der Waals surface area contributed by atoms with E-state index in [1.165, 1.54) is 6.92 Å². The second-order valence-corrected chi connectivity index (χ2v) is 3.84. The third-order valence-corrected chi connectivity index (χ3v) is 2.93. The van der Waals surface area contributed by atoms with Crippen molar-refractivity contribution in [3.8, 4) is 12.3 Å². The average Bonchev–Trinajstić information content (AvgIpc) is 2.16. The topological polar surface area (TPSA) is 54.4 Å². The fourth-order valence-corrected chi connectivity index (χ4v) is 2.08. The van der Waals surface area contributed by atoms with Crippen LogP contribution in [0.3, 0.4) is 0 Å². The molecule has 76 valence electrons. The third kappa shape index (κ3) is 2.14. The molecule has 3 atom stereocenters. The summed E-state index contributed by atoms with van der Waals surface area (Å²) in [5, 5.41) is 8.95. The number of Topliss-reactive ketones (excluding diaryl/α,β-unsaturated/α-hetero) is 1. The predicted octanol–water partition coefficient (Wildman–Crippen LogP) is 1.33. The first-order chi connectivity index (χ1) is 6.56. The Bertz CT molecular complexity index is 287. The van der Waals surface area contributed by atoms with Crippen molar-refractivity contribution >= 4 is 11.8 Å². The second kappa shape index (κ2) is 4.28. The van der Waals surface area contributed by atoms with Crippen molar-refractivity contribution in [3.63, 3.8) is 0 Å². The summed E-state index contributed by atoms with van der Waals surface area (Å²) in [7, 11) is 0. The highest BCUT2D eigenvalue weighted by Crippen LogP contribution is 2.34. The number of carboxylic acids is 1. The number of hydrogen-bond donors (Lipinski definition) is 1. The average molecular weight is 194 g/mol. The summed E-state index contributed by atoms with van der Waals surface area (Å²) in [5.41, 5.74) is 0. The van der Waals surface area contributed by atoms with E-state index in [-0.39, 0.29) is 17.6 Å². The van der Waals surface area contributed by atoms with Gasteiger partial charge in [-0.3, -0.25) is 9.59 Å². The Hall–Kier alpha value is -1.30. The van der Waals surface area contributed by atoms with Crippen LogP contribution in [0.4, 0.5) is 0 Å². The number of carbonyl (C=O) groups excluding carboxylic acids is 1. The molecule has 0 aromatic carbocycles. The van der Waals surface area contributed by atoms with Crippen LogP contribution in [-0.4, -0.2) is 16.9 Å². The maximum atomic E-state index is 11.2. The van der Waals surface area contributed by atoms with Gasteiger partial charge in [-0.05, 0) is 26.2 Å². The molecule has 1 fully saturated rings. The van der Waals surface area contributed by atoms with Gasteiger partial charge in [-0.2, -0.15) is 0 Å². The highest BCUT2D eigenvalue weighted by molar-refractivity contribution is 5.84. The fourth-order valence-electron chi connectivity index (χ4n) is 2.08. The lowest BCUT2D eigenvalue weighted by molar-refractivity contribution is -0.148. The number of aliphatic carboxylic acids is 1. The van der Waals surface area contributed by atoms with Crippen molar-refractivity contribution < 1.29 is 14.7 Å². The molecule has 3 nitrogen and oxygen atoms in total. The Morgan fingerprint density at radius 1 is 1.36 bits per heavy atom. The number of hydrogen-bond acceptors (Lipinski definition) is 2. The van der Waals surface area contributed by atoms with Gasteiger partial charge in [-0.15, -0.1) is 12.3 Å². The lowest BCUT2D eigenvalue weighted by Crippen LogP contribution is -2.34. The zero-order valence-electron chi connectivity index (χ0n) is 8.19. The molecule has 0 heterocycles. The minimum absolute atomic E-state index is 0.0201. The zero-order valence-corrected chi connectivity index (χ0v) is 8.19. The van der Waals surface area contributed by atoms with Crippen molar-refractivity contribution in [1.29, 1.82) is 0 Å². The van der Waals surface area contributed by atoms with Gasteiger partial charge in [0.25, 0.3) is 0 Å². The molecular weight excluding hydrogens is 180 g/mol. The van der Waals surface area contributed by atoms with E-state index in [1.807, 2.05) is 0 Å². The van der Waals surface area contributed by atoms with Crippen LogP contribution in [-0.2, 0) is 9.59 Å². The molecule has 0 bridgehead atoms.